The smallest absolute Gasteiger partial charge is 0.0837 e. The highest BCUT2D eigenvalue weighted by molar-refractivity contribution is 7.99. The van der Waals surface area contributed by atoms with E-state index in [1.165, 1.54) is 22.6 Å². The molecule has 2 nitrogen and oxygen atoms in total. The molecule has 1 aromatic carbocycles. The second-order valence-corrected chi connectivity index (χ2v) is 6.02. The third-order valence-electron chi connectivity index (χ3n) is 3.26. The van der Waals surface area contributed by atoms with Gasteiger partial charge in [-0.2, -0.15) is 0 Å². The molecule has 1 aliphatic heterocycles. The minimum Gasteiger partial charge on any atom is -0.411 e. The maximum absolute atomic E-state index is 8.81. The van der Waals surface area contributed by atoms with Crippen molar-refractivity contribution in [1.82, 2.24) is 0 Å². The van der Waals surface area contributed by atoms with Gasteiger partial charge in [0.2, 0.25) is 0 Å². The van der Waals surface area contributed by atoms with Crippen LogP contribution in [0.2, 0.25) is 0 Å². The molecule has 1 aromatic rings. The highest BCUT2D eigenvalue weighted by Crippen LogP contribution is 2.41. The predicted molar refractivity (Wildman–Crippen MR) is 68.8 cm³/mol. The van der Waals surface area contributed by atoms with E-state index in [1.807, 2.05) is 24.8 Å². The van der Waals surface area contributed by atoms with Crippen molar-refractivity contribution in [3.63, 3.8) is 0 Å². The summed E-state index contributed by atoms with van der Waals surface area (Å²) in [7, 11) is 0. The van der Waals surface area contributed by atoms with E-state index in [0.717, 1.165) is 5.56 Å². The summed E-state index contributed by atoms with van der Waals surface area (Å²) < 4.78 is 0. The molecule has 0 spiro atoms. The maximum Gasteiger partial charge on any atom is 0.0837 e. The van der Waals surface area contributed by atoms with Crippen molar-refractivity contribution in [3.8, 4) is 0 Å². The van der Waals surface area contributed by atoms with Gasteiger partial charge in [-0.25, -0.2) is 0 Å². The fourth-order valence-electron chi connectivity index (χ4n) is 2.02. The van der Waals surface area contributed by atoms with Crippen LogP contribution in [-0.4, -0.2) is 16.7 Å². The minimum atomic E-state index is 0.229. The fourth-order valence-corrected chi connectivity index (χ4v) is 3.51. The molecular formula is C13H17NOS. The van der Waals surface area contributed by atoms with Gasteiger partial charge >= 0.3 is 0 Å². The Morgan fingerprint density at radius 1 is 1.44 bits per heavy atom. The van der Waals surface area contributed by atoms with E-state index in [4.69, 9.17) is 5.21 Å². The second-order valence-electron chi connectivity index (χ2n) is 4.88. The first-order chi connectivity index (χ1) is 7.54. The first kappa shape index (κ1) is 11.5. The lowest BCUT2D eigenvalue weighted by Crippen LogP contribution is -2.23. The van der Waals surface area contributed by atoms with Crippen molar-refractivity contribution in [3.05, 3.63) is 29.3 Å². The third-order valence-corrected chi connectivity index (χ3v) is 4.34. The predicted octanol–water partition coefficient (Wildman–Crippen LogP) is 3.66. The van der Waals surface area contributed by atoms with Gasteiger partial charge in [-0.05, 0) is 47.8 Å². The second kappa shape index (κ2) is 4.13. The molecule has 0 atom stereocenters. The summed E-state index contributed by atoms with van der Waals surface area (Å²) in [5.74, 6) is 1.19. The summed E-state index contributed by atoms with van der Waals surface area (Å²) >= 11 is 1.92. The van der Waals surface area contributed by atoms with Crippen LogP contribution in [0.4, 0.5) is 0 Å². The van der Waals surface area contributed by atoms with E-state index in [2.05, 4.69) is 31.1 Å². The Bertz CT molecular complexity index is 438. The van der Waals surface area contributed by atoms with E-state index < -0.39 is 0 Å². The van der Waals surface area contributed by atoms with E-state index >= 15 is 0 Å². The molecule has 1 heterocycles. The molecule has 0 unspecified atom stereocenters. The maximum atomic E-state index is 8.81. The molecule has 0 bridgehead atoms. The van der Waals surface area contributed by atoms with Gasteiger partial charge in [0, 0.05) is 4.90 Å². The van der Waals surface area contributed by atoms with Crippen molar-refractivity contribution in [2.45, 2.75) is 37.5 Å². The normalized spacial score (nSPS) is 19.3. The summed E-state index contributed by atoms with van der Waals surface area (Å²) in [6, 6.07) is 6.34. The lowest BCUT2D eigenvalue weighted by molar-refractivity contribution is 0.319. The quantitative estimate of drug-likeness (QED) is 0.458. The lowest BCUT2D eigenvalue weighted by Gasteiger charge is -2.32. The highest BCUT2D eigenvalue weighted by Gasteiger charge is 2.28. The molecule has 86 valence electrons. The molecule has 2 rings (SSSR count). The van der Waals surface area contributed by atoms with E-state index in [-0.39, 0.29) is 5.41 Å². The van der Waals surface area contributed by atoms with E-state index in [9.17, 15) is 0 Å². The van der Waals surface area contributed by atoms with Gasteiger partial charge < -0.3 is 5.21 Å². The van der Waals surface area contributed by atoms with Crippen LogP contribution in [0, 0.1) is 0 Å². The van der Waals surface area contributed by atoms with Crippen molar-refractivity contribution in [1.29, 1.82) is 0 Å². The molecular weight excluding hydrogens is 218 g/mol. The van der Waals surface area contributed by atoms with Crippen LogP contribution >= 0.6 is 11.8 Å². The Balaban J connectivity index is 2.51. The lowest BCUT2D eigenvalue weighted by atomic mass is 9.81. The Labute approximate surface area is 101 Å². The zero-order valence-electron chi connectivity index (χ0n) is 9.95. The van der Waals surface area contributed by atoms with Crippen molar-refractivity contribution < 1.29 is 5.21 Å². The van der Waals surface area contributed by atoms with Gasteiger partial charge in [0.25, 0.3) is 0 Å². The summed E-state index contributed by atoms with van der Waals surface area (Å²) in [5, 5.41) is 12.1. The number of thioether (sulfide) groups is 1. The molecule has 0 amide bonds. The molecule has 1 aliphatic rings. The molecule has 16 heavy (non-hydrogen) atoms. The van der Waals surface area contributed by atoms with Gasteiger partial charge in [0.05, 0.1) is 5.71 Å². The summed E-state index contributed by atoms with van der Waals surface area (Å²) in [5.41, 5.74) is 3.29. The zero-order valence-corrected chi connectivity index (χ0v) is 10.8. The molecule has 0 radical (unpaired) electrons. The van der Waals surface area contributed by atoms with Crippen LogP contribution in [0.25, 0.3) is 0 Å². The van der Waals surface area contributed by atoms with E-state index in [1.54, 1.807) is 0 Å². The first-order valence-corrected chi connectivity index (χ1v) is 6.49. The van der Waals surface area contributed by atoms with Gasteiger partial charge in [-0.15, -0.1) is 11.8 Å². The van der Waals surface area contributed by atoms with Crippen LogP contribution in [0.15, 0.2) is 28.3 Å². The summed E-state index contributed by atoms with van der Waals surface area (Å²) in [6.45, 7) is 6.38. The van der Waals surface area contributed by atoms with Crippen LogP contribution in [0.1, 0.15) is 38.3 Å². The molecule has 0 aromatic heterocycles. The van der Waals surface area contributed by atoms with Crippen LogP contribution in [0.3, 0.4) is 0 Å². The Kier molecular flexibility index (Phi) is 2.98. The van der Waals surface area contributed by atoms with E-state index in [0.29, 0.717) is 5.71 Å². The summed E-state index contributed by atoms with van der Waals surface area (Å²) in [6.07, 6.45) is 1.20. The zero-order chi connectivity index (χ0) is 11.8. The monoisotopic (exact) mass is 235 g/mol. The van der Waals surface area contributed by atoms with Gasteiger partial charge in [0.1, 0.15) is 0 Å². The average Bonchev–Trinajstić information content (AvgIpc) is 2.27. The molecule has 1 N–H and O–H groups in total. The molecule has 0 saturated heterocycles. The standard InChI is InChI=1S/C13H17NOS/c1-9(14-15)10-4-5-12-11(8-10)13(2,3)6-7-16-12/h4-5,8,15H,6-7H2,1-3H3/b14-9+. The number of benzene rings is 1. The fraction of sp³-hybridized carbons (Fsp3) is 0.462. The third kappa shape index (κ3) is 1.96. The number of rotatable bonds is 1. The van der Waals surface area contributed by atoms with Crippen LogP contribution < -0.4 is 0 Å². The number of hydrogen-bond acceptors (Lipinski definition) is 3. The molecule has 3 heteroatoms. The van der Waals surface area contributed by atoms with Crippen molar-refractivity contribution in [2.75, 3.05) is 5.75 Å². The number of hydrogen-bond donors (Lipinski definition) is 1. The SMILES string of the molecule is C/C(=N\O)c1ccc2c(c1)C(C)(C)CCS2. The number of nitrogens with zero attached hydrogens (tertiary/aromatic N) is 1. The molecule has 0 fully saturated rings. The Morgan fingerprint density at radius 2 is 2.19 bits per heavy atom. The van der Waals surface area contributed by atoms with Gasteiger partial charge in [-0.1, -0.05) is 25.1 Å². The van der Waals surface area contributed by atoms with Crippen molar-refractivity contribution >= 4 is 17.5 Å². The van der Waals surface area contributed by atoms with Crippen molar-refractivity contribution in [2.24, 2.45) is 5.16 Å². The number of fused-ring (bicyclic) bond motifs is 1. The molecule has 0 saturated carbocycles. The largest absolute Gasteiger partial charge is 0.411 e. The molecule has 0 aliphatic carbocycles. The Morgan fingerprint density at radius 3 is 2.88 bits per heavy atom. The highest BCUT2D eigenvalue weighted by atomic mass is 32.2. The number of oxime groups is 1. The summed E-state index contributed by atoms with van der Waals surface area (Å²) in [4.78, 5) is 1.37. The topological polar surface area (TPSA) is 32.6 Å². The average molecular weight is 235 g/mol. The van der Waals surface area contributed by atoms with Gasteiger partial charge in [0.15, 0.2) is 0 Å². The Hall–Kier alpha value is -0.960. The minimum absolute atomic E-state index is 0.229. The van der Waals surface area contributed by atoms with Crippen LogP contribution in [0.5, 0.6) is 0 Å². The van der Waals surface area contributed by atoms with Gasteiger partial charge in [-0.3, -0.25) is 0 Å². The van der Waals surface area contributed by atoms with Crippen LogP contribution in [-0.2, 0) is 5.41 Å². The first-order valence-electron chi connectivity index (χ1n) is 5.51.